The molecule has 0 radical (unpaired) electrons. The Morgan fingerprint density at radius 2 is 2.06 bits per heavy atom. The Balaban J connectivity index is 2.80. The van der Waals surface area contributed by atoms with E-state index >= 15 is 0 Å². The summed E-state index contributed by atoms with van der Waals surface area (Å²) in [5, 5.41) is 3.41. The number of rotatable bonds is 3. The van der Waals surface area contributed by atoms with Crippen LogP contribution in [0.1, 0.15) is 20.8 Å². The molecule has 0 spiro atoms. The van der Waals surface area contributed by atoms with Crippen LogP contribution in [0.3, 0.4) is 0 Å². The highest BCUT2D eigenvalue weighted by Crippen LogP contribution is 2.28. The zero-order valence-electron chi connectivity index (χ0n) is 11.1. The van der Waals surface area contributed by atoms with Gasteiger partial charge in [0.05, 0.1) is 11.1 Å². The maximum Gasteiger partial charge on any atom is 0.241 e. The van der Waals surface area contributed by atoms with Gasteiger partial charge in [-0.2, -0.15) is 0 Å². The highest BCUT2D eigenvalue weighted by atomic mass is 35.5. The lowest BCUT2D eigenvalue weighted by Gasteiger charge is -2.25. The van der Waals surface area contributed by atoms with Gasteiger partial charge in [-0.1, -0.05) is 32.4 Å². The summed E-state index contributed by atoms with van der Waals surface area (Å²) in [6.07, 6.45) is 1.95. The van der Waals surface area contributed by atoms with Gasteiger partial charge in [0.1, 0.15) is 0 Å². The highest BCUT2D eigenvalue weighted by molar-refractivity contribution is 7.98. The third-order valence-electron chi connectivity index (χ3n) is 2.63. The molecule has 0 aliphatic heterocycles. The largest absolute Gasteiger partial charge is 0.325 e. The minimum atomic E-state index is -0.559. The third-order valence-corrected chi connectivity index (χ3v) is 3.86. The summed E-state index contributed by atoms with van der Waals surface area (Å²) in [4.78, 5) is 12.9. The van der Waals surface area contributed by atoms with E-state index in [1.54, 1.807) is 17.8 Å². The van der Waals surface area contributed by atoms with Crippen LogP contribution in [0.5, 0.6) is 0 Å². The van der Waals surface area contributed by atoms with E-state index in [1.807, 2.05) is 39.2 Å². The molecule has 0 aliphatic rings. The van der Waals surface area contributed by atoms with Gasteiger partial charge in [-0.15, -0.1) is 11.8 Å². The quantitative estimate of drug-likeness (QED) is 0.838. The summed E-state index contributed by atoms with van der Waals surface area (Å²) < 4.78 is 0. The van der Waals surface area contributed by atoms with Crippen LogP contribution in [0, 0.1) is 5.41 Å². The smallest absolute Gasteiger partial charge is 0.241 e. The predicted octanol–water partition coefficient (Wildman–Crippen LogP) is 3.37. The van der Waals surface area contributed by atoms with E-state index in [0.29, 0.717) is 10.7 Å². The summed E-state index contributed by atoms with van der Waals surface area (Å²) in [6, 6.07) is 4.88. The molecule has 3 nitrogen and oxygen atoms in total. The maximum atomic E-state index is 11.9. The Morgan fingerprint density at radius 3 is 2.50 bits per heavy atom. The molecule has 1 rings (SSSR count). The van der Waals surface area contributed by atoms with E-state index in [2.05, 4.69) is 5.32 Å². The van der Waals surface area contributed by atoms with Crippen molar-refractivity contribution in [3.63, 3.8) is 0 Å². The van der Waals surface area contributed by atoms with E-state index in [-0.39, 0.29) is 11.3 Å². The molecule has 0 saturated heterocycles. The van der Waals surface area contributed by atoms with E-state index in [0.717, 1.165) is 4.90 Å². The molecule has 18 heavy (non-hydrogen) atoms. The highest BCUT2D eigenvalue weighted by Gasteiger charge is 2.27. The predicted molar refractivity (Wildman–Crippen MR) is 79.3 cm³/mol. The van der Waals surface area contributed by atoms with Crippen molar-refractivity contribution in [1.29, 1.82) is 0 Å². The van der Waals surface area contributed by atoms with Crippen LogP contribution >= 0.6 is 23.4 Å². The van der Waals surface area contributed by atoms with Gasteiger partial charge in [-0.05, 0) is 29.9 Å². The molecule has 0 aliphatic carbocycles. The standard InChI is InChI=1S/C13H19ClN2OS/c1-13(2,3)11(15)12(17)16-8-5-6-10(18-4)9(14)7-8/h5-7,11H,15H2,1-4H3,(H,16,17)/t11-/m1/s1. The maximum absolute atomic E-state index is 11.9. The Bertz CT molecular complexity index is 443. The summed E-state index contributed by atoms with van der Waals surface area (Å²) in [5.74, 6) is -0.199. The van der Waals surface area contributed by atoms with E-state index in [4.69, 9.17) is 17.3 Å². The van der Waals surface area contributed by atoms with Crippen LogP contribution in [-0.2, 0) is 4.79 Å². The van der Waals surface area contributed by atoms with Crippen LogP contribution in [0.4, 0.5) is 5.69 Å². The second-order valence-corrected chi connectivity index (χ2v) is 6.44. The minimum Gasteiger partial charge on any atom is -0.325 e. The lowest BCUT2D eigenvalue weighted by molar-refractivity contribution is -0.119. The van der Waals surface area contributed by atoms with Crippen molar-refractivity contribution in [2.24, 2.45) is 11.1 Å². The number of carbonyl (C=O) groups is 1. The van der Waals surface area contributed by atoms with Crippen LogP contribution in [0.2, 0.25) is 5.02 Å². The van der Waals surface area contributed by atoms with Gasteiger partial charge in [0.25, 0.3) is 0 Å². The average molecular weight is 287 g/mol. The normalized spacial score (nSPS) is 13.2. The number of anilines is 1. The zero-order valence-corrected chi connectivity index (χ0v) is 12.7. The number of benzene rings is 1. The molecule has 1 aromatic carbocycles. The van der Waals surface area contributed by atoms with Gasteiger partial charge in [0.2, 0.25) is 5.91 Å². The number of nitrogens with one attached hydrogen (secondary N) is 1. The van der Waals surface area contributed by atoms with Crippen LogP contribution < -0.4 is 11.1 Å². The summed E-state index contributed by atoms with van der Waals surface area (Å²) in [7, 11) is 0. The Morgan fingerprint density at radius 1 is 1.44 bits per heavy atom. The van der Waals surface area contributed by atoms with Crippen LogP contribution in [0.25, 0.3) is 0 Å². The first-order chi connectivity index (χ1) is 8.25. The van der Waals surface area contributed by atoms with E-state index < -0.39 is 6.04 Å². The number of amides is 1. The Hall–Kier alpha value is -0.710. The van der Waals surface area contributed by atoms with E-state index in [1.165, 1.54) is 0 Å². The first-order valence-electron chi connectivity index (χ1n) is 5.65. The van der Waals surface area contributed by atoms with Crippen molar-refractivity contribution in [2.45, 2.75) is 31.7 Å². The van der Waals surface area contributed by atoms with Gasteiger partial charge < -0.3 is 11.1 Å². The number of halogens is 1. The van der Waals surface area contributed by atoms with Gasteiger partial charge in [0, 0.05) is 10.6 Å². The fraction of sp³-hybridized carbons (Fsp3) is 0.462. The molecule has 1 aromatic rings. The van der Waals surface area contributed by atoms with Crippen LogP contribution in [-0.4, -0.2) is 18.2 Å². The van der Waals surface area contributed by atoms with Gasteiger partial charge >= 0.3 is 0 Å². The lowest BCUT2D eigenvalue weighted by Crippen LogP contribution is -2.45. The number of thioether (sulfide) groups is 1. The minimum absolute atomic E-state index is 0.199. The molecule has 0 saturated carbocycles. The fourth-order valence-electron chi connectivity index (χ4n) is 1.36. The number of hydrogen-bond donors (Lipinski definition) is 2. The molecule has 0 bridgehead atoms. The molecule has 0 heterocycles. The Labute approximate surface area is 117 Å². The second kappa shape index (κ2) is 5.95. The summed E-state index contributed by atoms with van der Waals surface area (Å²) in [6.45, 7) is 5.79. The molecule has 0 fully saturated rings. The molecule has 100 valence electrons. The average Bonchev–Trinajstić information content (AvgIpc) is 2.27. The molecular weight excluding hydrogens is 268 g/mol. The number of nitrogens with two attached hydrogens (primary N) is 1. The first kappa shape index (κ1) is 15.3. The van der Waals surface area contributed by atoms with Crippen molar-refractivity contribution in [2.75, 3.05) is 11.6 Å². The molecular formula is C13H19ClN2OS. The van der Waals surface area contributed by atoms with Gasteiger partial charge in [-0.3, -0.25) is 4.79 Å². The lowest BCUT2D eigenvalue weighted by atomic mass is 9.87. The van der Waals surface area contributed by atoms with Crippen molar-refractivity contribution >= 4 is 35.0 Å². The molecule has 3 N–H and O–H groups in total. The van der Waals surface area contributed by atoms with Gasteiger partial charge in [-0.25, -0.2) is 0 Å². The van der Waals surface area contributed by atoms with Crippen molar-refractivity contribution in [3.05, 3.63) is 23.2 Å². The monoisotopic (exact) mass is 286 g/mol. The molecule has 1 amide bonds. The topological polar surface area (TPSA) is 55.1 Å². The first-order valence-corrected chi connectivity index (χ1v) is 7.26. The number of carbonyl (C=O) groups excluding carboxylic acids is 1. The van der Waals surface area contributed by atoms with Crippen molar-refractivity contribution in [3.8, 4) is 0 Å². The molecule has 5 heteroatoms. The summed E-state index contributed by atoms with van der Waals surface area (Å²) in [5.41, 5.74) is 6.29. The zero-order chi connectivity index (χ0) is 13.9. The van der Waals surface area contributed by atoms with Crippen molar-refractivity contribution in [1.82, 2.24) is 0 Å². The fourth-order valence-corrected chi connectivity index (χ4v) is 2.23. The van der Waals surface area contributed by atoms with Crippen LogP contribution in [0.15, 0.2) is 23.1 Å². The van der Waals surface area contributed by atoms with E-state index in [9.17, 15) is 4.79 Å². The SMILES string of the molecule is CSc1ccc(NC(=O)[C@@H](N)C(C)(C)C)cc1Cl. The summed E-state index contributed by atoms with van der Waals surface area (Å²) >= 11 is 7.64. The Kier molecular flexibility index (Phi) is 5.08. The molecule has 1 atom stereocenters. The third kappa shape index (κ3) is 3.90. The van der Waals surface area contributed by atoms with Crippen molar-refractivity contribution < 1.29 is 4.79 Å². The number of hydrogen-bond acceptors (Lipinski definition) is 3. The molecule has 0 aromatic heterocycles. The van der Waals surface area contributed by atoms with Gasteiger partial charge in [0.15, 0.2) is 0 Å². The second-order valence-electron chi connectivity index (χ2n) is 5.18. The molecule has 0 unspecified atom stereocenters.